The number of anilines is 1. The van der Waals surface area contributed by atoms with Crippen LogP contribution in [-0.4, -0.2) is 19.3 Å². The Balaban J connectivity index is 1.53. The van der Waals surface area contributed by atoms with Crippen LogP contribution in [0.15, 0.2) is 88.3 Å². The average molecular weight is 392 g/mol. The molecule has 2 aromatic heterocycles. The first-order valence-electron chi connectivity index (χ1n) is 8.54. The molecule has 0 aliphatic heterocycles. The Kier molecular flexibility index (Phi) is 4.67. The third-order valence-electron chi connectivity index (χ3n) is 4.20. The number of carbonyl (C=O) groups is 1. The Morgan fingerprint density at radius 1 is 0.929 bits per heavy atom. The number of rotatable bonds is 5. The van der Waals surface area contributed by atoms with Crippen molar-refractivity contribution in [3.05, 3.63) is 90.5 Å². The smallest absolute Gasteiger partial charge is 0.291 e. The zero-order valence-electron chi connectivity index (χ0n) is 14.7. The van der Waals surface area contributed by atoms with Gasteiger partial charge in [0.1, 0.15) is 11.5 Å². The van der Waals surface area contributed by atoms with Gasteiger partial charge in [-0.1, -0.05) is 36.4 Å². The highest BCUT2D eigenvalue weighted by atomic mass is 32.2. The Bertz CT molecular complexity index is 1240. The highest BCUT2D eigenvalue weighted by molar-refractivity contribution is 7.90. The normalized spacial score (nSPS) is 11.4. The number of benzene rings is 2. The van der Waals surface area contributed by atoms with E-state index in [2.05, 4.69) is 10.3 Å². The van der Waals surface area contributed by atoms with Crippen molar-refractivity contribution >= 4 is 32.3 Å². The van der Waals surface area contributed by atoms with Crippen molar-refractivity contribution in [3.63, 3.8) is 0 Å². The van der Waals surface area contributed by atoms with Gasteiger partial charge in [0.15, 0.2) is 15.6 Å². The molecule has 140 valence electrons. The van der Waals surface area contributed by atoms with Crippen LogP contribution in [0.3, 0.4) is 0 Å². The molecule has 1 N–H and O–H groups in total. The molecule has 0 saturated heterocycles. The van der Waals surface area contributed by atoms with E-state index in [0.29, 0.717) is 11.2 Å². The lowest BCUT2D eigenvalue weighted by atomic mass is 10.2. The minimum atomic E-state index is -3.55. The Hall–Kier alpha value is -3.45. The molecule has 0 spiro atoms. The van der Waals surface area contributed by atoms with Gasteiger partial charge in [-0.25, -0.2) is 8.42 Å². The van der Waals surface area contributed by atoms with Gasteiger partial charge in [-0.15, -0.1) is 0 Å². The maximum Gasteiger partial charge on any atom is 0.291 e. The molecule has 0 aliphatic rings. The van der Waals surface area contributed by atoms with E-state index in [9.17, 15) is 13.2 Å². The van der Waals surface area contributed by atoms with E-state index in [-0.39, 0.29) is 22.2 Å². The number of pyridine rings is 1. The van der Waals surface area contributed by atoms with Gasteiger partial charge >= 0.3 is 0 Å². The molecule has 0 aliphatic carbocycles. The lowest BCUT2D eigenvalue weighted by Gasteiger charge is -2.06. The largest absolute Gasteiger partial charge is 0.455 e. The van der Waals surface area contributed by atoms with Crippen LogP contribution >= 0.6 is 0 Å². The molecule has 0 unspecified atom stereocenters. The van der Waals surface area contributed by atoms with E-state index in [1.807, 2.05) is 24.3 Å². The van der Waals surface area contributed by atoms with Gasteiger partial charge in [-0.3, -0.25) is 9.78 Å². The summed E-state index contributed by atoms with van der Waals surface area (Å²) in [6.07, 6.45) is 1.65. The summed E-state index contributed by atoms with van der Waals surface area (Å²) in [5.74, 6) is -0.558. The second kappa shape index (κ2) is 7.28. The molecule has 2 aromatic carbocycles. The lowest BCUT2D eigenvalue weighted by Crippen LogP contribution is -2.11. The second-order valence-corrected chi connectivity index (χ2v) is 8.16. The van der Waals surface area contributed by atoms with Crippen LogP contribution in [0.5, 0.6) is 0 Å². The quantitative estimate of drug-likeness (QED) is 0.553. The molecule has 4 aromatic rings. The number of furan rings is 1. The van der Waals surface area contributed by atoms with Crippen molar-refractivity contribution < 1.29 is 17.6 Å². The van der Waals surface area contributed by atoms with Gasteiger partial charge < -0.3 is 9.73 Å². The number of sulfone groups is 1. The topological polar surface area (TPSA) is 89.3 Å². The summed E-state index contributed by atoms with van der Waals surface area (Å²) in [4.78, 5) is 17.0. The summed E-state index contributed by atoms with van der Waals surface area (Å²) in [5.41, 5.74) is 1.22. The molecule has 2 heterocycles. The van der Waals surface area contributed by atoms with Gasteiger partial charge in [0.25, 0.3) is 5.91 Å². The molecule has 1 amide bonds. The molecule has 0 fully saturated rings. The summed E-state index contributed by atoms with van der Waals surface area (Å²) in [7, 11) is -3.55. The summed E-state index contributed by atoms with van der Waals surface area (Å²) in [5, 5.41) is 3.66. The minimum Gasteiger partial charge on any atom is -0.455 e. The second-order valence-electron chi connectivity index (χ2n) is 6.17. The van der Waals surface area contributed by atoms with E-state index < -0.39 is 15.7 Å². The van der Waals surface area contributed by atoms with Crippen molar-refractivity contribution in [1.82, 2.24) is 4.98 Å². The number of aromatic nitrogens is 1. The van der Waals surface area contributed by atoms with Gasteiger partial charge in [0, 0.05) is 11.6 Å². The van der Waals surface area contributed by atoms with E-state index in [1.165, 1.54) is 24.3 Å². The van der Waals surface area contributed by atoms with Crippen LogP contribution in [0.1, 0.15) is 16.3 Å². The number of carbonyl (C=O) groups excluding carboxylic acids is 1. The van der Waals surface area contributed by atoms with Crippen LogP contribution < -0.4 is 5.32 Å². The maximum atomic E-state index is 12.5. The summed E-state index contributed by atoms with van der Waals surface area (Å²) in [6, 6.07) is 20.3. The predicted molar refractivity (Wildman–Crippen MR) is 106 cm³/mol. The Morgan fingerprint density at radius 3 is 2.54 bits per heavy atom. The molecule has 0 radical (unpaired) electrons. The van der Waals surface area contributed by atoms with Crippen LogP contribution in [0, 0.1) is 0 Å². The first-order valence-corrected chi connectivity index (χ1v) is 10.2. The van der Waals surface area contributed by atoms with Crippen LogP contribution in [0.2, 0.25) is 0 Å². The van der Waals surface area contributed by atoms with Gasteiger partial charge in [0.05, 0.1) is 16.1 Å². The molecular formula is C21H16N2O4S. The molecular weight excluding hydrogens is 376 g/mol. The zero-order chi connectivity index (χ0) is 19.6. The first kappa shape index (κ1) is 17.9. The molecule has 4 rings (SSSR count). The molecule has 6 nitrogen and oxygen atoms in total. The number of nitrogens with one attached hydrogen (secondary N) is 1. The Morgan fingerprint density at radius 2 is 1.71 bits per heavy atom. The van der Waals surface area contributed by atoms with Crippen molar-refractivity contribution in [2.24, 2.45) is 0 Å². The number of fused-ring (bicyclic) bond motifs is 1. The van der Waals surface area contributed by atoms with Crippen molar-refractivity contribution in [3.8, 4) is 0 Å². The third kappa shape index (κ3) is 3.65. The van der Waals surface area contributed by atoms with Gasteiger partial charge in [-0.05, 0) is 36.4 Å². The zero-order valence-corrected chi connectivity index (χ0v) is 15.5. The van der Waals surface area contributed by atoms with Crippen molar-refractivity contribution in [2.45, 2.75) is 10.6 Å². The fraction of sp³-hybridized carbons (Fsp3) is 0.0476. The van der Waals surface area contributed by atoms with Crippen LogP contribution in [-0.2, 0) is 15.6 Å². The number of amides is 1. The van der Waals surface area contributed by atoms with E-state index in [0.717, 1.165) is 5.39 Å². The standard InChI is InChI=1S/C21H16N2O4S/c24-21(23-18-10-4-6-15-7-5-13-22-20(15)18)19-12-11-16(27-19)14-28(25,26)17-8-2-1-3-9-17/h1-13H,14H2,(H,23,24). The monoisotopic (exact) mass is 392 g/mol. The molecule has 0 saturated carbocycles. The van der Waals surface area contributed by atoms with Crippen molar-refractivity contribution in [2.75, 3.05) is 5.32 Å². The number of hydrogen-bond donors (Lipinski definition) is 1. The fourth-order valence-corrected chi connectivity index (χ4v) is 4.13. The predicted octanol–water partition coefficient (Wildman–Crippen LogP) is 4.05. The molecule has 28 heavy (non-hydrogen) atoms. The fourth-order valence-electron chi connectivity index (χ4n) is 2.86. The van der Waals surface area contributed by atoms with Gasteiger partial charge in [-0.2, -0.15) is 0 Å². The van der Waals surface area contributed by atoms with Crippen LogP contribution in [0.25, 0.3) is 10.9 Å². The number of para-hydroxylation sites is 1. The van der Waals surface area contributed by atoms with E-state index in [1.54, 1.807) is 30.5 Å². The Labute approximate surface area is 161 Å². The highest BCUT2D eigenvalue weighted by Gasteiger charge is 2.19. The molecule has 0 atom stereocenters. The number of hydrogen-bond acceptors (Lipinski definition) is 5. The van der Waals surface area contributed by atoms with Crippen molar-refractivity contribution in [1.29, 1.82) is 0 Å². The average Bonchev–Trinajstić information content (AvgIpc) is 3.17. The first-order chi connectivity index (χ1) is 13.5. The van der Waals surface area contributed by atoms with E-state index >= 15 is 0 Å². The molecule has 7 heteroatoms. The summed E-state index contributed by atoms with van der Waals surface area (Å²) in [6.45, 7) is 0. The van der Waals surface area contributed by atoms with Gasteiger partial charge in [0.2, 0.25) is 0 Å². The summed E-state index contributed by atoms with van der Waals surface area (Å²) < 4.78 is 30.4. The third-order valence-corrected chi connectivity index (χ3v) is 5.86. The number of nitrogens with zero attached hydrogens (tertiary/aromatic N) is 1. The SMILES string of the molecule is O=C(Nc1cccc2cccnc12)c1ccc(CS(=O)(=O)c2ccccc2)o1. The van der Waals surface area contributed by atoms with Crippen LogP contribution in [0.4, 0.5) is 5.69 Å². The van der Waals surface area contributed by atoms with E-state index in [4.69, 9.17) is 4.42 Å². The lowest BCUT2D eigenvalue weighted by molar-refractivity contribution is 0.0995. The molecule has 0 bridgehead atoms. The summed E-state index contributed by atoms with van der Waals surface area (Å²) >= 11 is 0. The minimum absolute atomic E-state index is 0.0335. The highest BCUT2D eigenvalue weighted by Crippen LogP contribution is 2.22. The maximum absolute atomic E-state index is 12.5.